The van der Waals surface area contributed by atoms with Gasteiger partial charge in [-0.15, -0.1) is 0 Å². The van der Waals surface area contributed by atoms with Crippen LogP contribution in [0, 0.1) is 0 Å². The van der Waals surface area contributed by atoms with E-state index in [0.717, 1.165) is 17.1 Å². The van der Waals surface area contributed by atoms with Crippen LogP contribution in [-0.4, -0.2) is 27.2 Å². The van der Waals surface area contributed by atoms with Crippen molar-refractivity contribution in [3.05, 3.63) is 12.1 Å². The zero-order valence-electron chi connectivity index (χ0n) is 9.01. The molecule has 15 heavy (non-hydrogen) atoms. The second-order valence-corrected chi connectivity index (χ2v) is 2.87. The Hall–Kier alpha value is -2.00. The van der Waals surface area contributed by atoms with Gasteiger partial charge in [-0.1, -0.05) is 0 Å². The third kappa shape index (κ3) is 2.27. The summed E-state index contributed by atoms with van der Waals surface area (Å²) in [5, 5.41) is 9.03. The standard InChI is InChI=1S/C10H14N4O/c1-11-7-4-9(13-3)10(14-6-15)5-8(7)12-2/h4-5,11-13H,1-3H3. The Morgan fingerprint density at radius 1 is 1.00 bits per heavy atom. The quantitative estimate of drug-likeness (QED) is 0.519. The fraction of sp³-hybridized carbons (Fsp3) is 0.300. The molecule has 0 bridgehead atoms. The highest BCUT2D eigenvalue weighted by molar-refractivity contribution is 5.83. The highest BCUT2D eigenvalue weighted by atomic mass is 16.1. The van der Waals surface area contributed by atoms with Crippen LogP contribution in [0.15, 0.2) is 17.1 Å². The van der Waals surface area contributed by atoms with Gasteiger partial charge in [-0.05, 0) is 12.1 Å². The maximum Gasteiger partial charge on any atom is 0.240 e. The number of isocyanates is 1. The van der Waals surface area contributed by atoms with Gasteiger partial charge in [-0.3, -0.25) is 0 Å². The van der Waals surface area contributed by atoms with Gasteiger partial charge in [0.25, 0.3) is 0 Å². The maximum absolute atomic E-state index is 10.2. The summed E-state index contributed by atoms with van der Waals surface area (Å²) in [6, 6.07) is 3.66. The van der Waals surface area contributed by atoms with Gasteiger partial charge in [0.05, 0.1) is 17.1 Å². The lowest BCUT2D eigenvalue weighted by atomic mass is 10.2. The van der Waals surface area contributed by atoms with Gasteiger partial charge < -0.3 is 16.0 Å². The minimum atomic E-state index is 0.566. The number of aliphatic imine (C=N–C) groups is 1. The number of hydrogen-bond donors (Lipinski definition) is 3. The predicted octanol–water partition coefficient (Wildman–Crippen LogP) is 1.78. The number of hydrogen-bond acceptors (Lipinski definition) is 5. The molecule has 0 spiro atoms. The van der Waals surface area contributed by atoms with Crippen molar-refractivity contribution in [2.75, 3.05) is 37.1 Å². The maximum atomic E-state index is 10.2. The molecule has 0 aliphatic carbocycles. The Bertz CT molecular complexity index is 397. The highest BCUT2D eigenvalue weighted by Crippen LogP contribution is 2.34. The van der Waals surface area contributed by atoms with Gasteiger partial charge in [0.1, 0.15) is 5.69 Å². The van der Waals surface area contributed by atoms with E-state index in [-0.39, 0.29) is 0 Å². The summed E-state index contributed by atoms with van der Waals surface area (Å²) in [4.78, 5) is 13.9. The molecule has 1 rings (SSSR count). The van der Waals surface area contributed by atoms with Crippen molar-refractivity contribution < 1.29 is 4.79 Å². The average molecular weight is 206 g/mol. The van der Waals surface area contributed by atoms with Gasteiger partial charge in [0.15, 0.2) is 0 Å². The Morgan fingerprint density at radius 2 is 1.53 bits per heavy atom. The van der Waals surface area contributed by atoms with Crippen LogP contribution in [0.2, 0.25) is 0 Å². The SMILES string of the molecule is CNc1cc(NC)c(NC)cc1N=C=O. The van der Waals surface area contributed by atoms with Gasteiger partial charge in [-0.2, -0.15) is 4.99 Å². The van der Waals surface area contributed by atoms with Gasteiger partial charge >= 0.3 is 0 Å². The zero-order valence-corrected chi connectivity index (χ0v) is 9.01. The van der Waals surface area contributed by atoms with Crippen LogP contribution in [0.3, 0.4) is 0 Å². The molecule has 0 heterocycles. The smallest absolute Gasteiger partial charge is 0.240 e. The first-order valence-electron chi connectivity index (χ1n) is 4.56. The summed E-state index contributed by atoms with van der Waals surface area (Å²) >= 11 is 0. The first-order valence-corrected chi connectivity index (χ1v) is 4.56. The molecule has 0 saturated heterocycles. The molecule has 5 heteroatoms. The van der Waals surface area contributed by atoms with E-state index in [2.05, 4.69) is 20.9 Å². The lowest BCUT2D eigenvalue weighted by Gasteiger charge is -2.12. The number of nitrogens with one attached hydrogen (secondary N) is 3. The minimum Gasteiger partial charge on any atom is -0.386 e. The van der Waals surface area contributed by atoms with Crippen molar-refractivity contribution in [2.24, 2.45) is 4.99 Å². The molecule has 0 saturated carbocycles. The van der Waals surface area contributed by atoms with Gasteiger partial charge in [0.2, 0.25) is 6.08 Å². The van der Waals surface area contributed by atoms with Crippen LogP contribution in [-0.2, 0) is 4.79 Å². The number of nitrogens with zero attached hydrogens (tertiary/aromatic N) is 1. The molecule has 0 radical (unpaired) electrons. The zero-order chi connectivity index (χ0) is 11.3. The van der Waals surface area contributed by atoms with Crippen molar-refractivity contribution in [1.29, 1.82) is 0 Å². The lowest BCUT2D eigenvalue weighted by Crippen LogP contribution is -1.98. The third-order valence-corrected chi connectivity index (χ3v) is 2.11. The van der Waals surface area contributed by atoms with Crippen LogP contribution in [0.5, 0.6) is 0 Å². The van der Waals surface area contributed by atoms with E-state index in [1.54, 1.807) is 13.1 Å². The molecule has 0 atom stereocenters. The summed E-state index contributed by atoms with van der Waals surface area (Å²) in [6.07, 6.45) is 1.53. The topological polar surface area (TPSA) is 65.5 Å². The summed E-state index contributed by atoms with van der Waals surface area (Å²) in [5.41, 5.74) is 3.16. The molecule has 1 aromatic carbocycles. The molecule has 5 nitrogen and oxygen atoms in total. The van der Waals surface area contributed by atoms with E-state index >= 15 is 0 Å². The number of benzene rings is 1. The van der Waals surface area contributed by atoms with Crippen LogP contribution in [0.4, 0.5) is 22.7 Å². The number of carbonyl (C=O) groups excluding carboxylic acids is 1. The summed E-state index contributed by atoms with van der Waals surface area (Å²) in [5.74, 6) is 0. The predicted molar refractivity (Wildman–Crippen MR) is 62.9 cm³/mol. The Kier molecular flexibility index (Phi) is 3.71. The summed E-state index contributed by atoms with van der Waals surface area (Å²) < 4.78 is 0. The monoisotopic (exact) mass is 206 g/mol. The van der Waals surface area contributed by atoms with Crippen LogP contribution in [0.25, 0.3) is 0 Å². The second-order valence-electron chi connectivity index (χ2n) is 2.87. The molecular formula is C10H14N4O. The number of rotatable bonds is 4. The Morgan fingerprint density at radius 3 is 2.00 bits per heavy atom. The molecule has 0 unspecified atom stereocenters. The van der Waals surface area contributed by atoms with E-state index < -0.39 is 0 Å². The van der Waals surface area contributed by atoms with E-state index in [4.69, 9.17) is 0 Å². The first kappa shape index (κ1) is 11.1. The van der Waals surface area contributed by atoms with E-state index in [1.165, 1.54) is 6.08 Å². The van der Waals surface area contributed by atoms with Crippen molar-refractivity contribution in [3.63, 3.8) is 0 Å². The fourth-order valence-corrected chi connectivity index (χ4v) is 1.34. The Labute approximate surface area is 88.6 Å². The molecule has 0 aromatic heterocycles. The molecule has 0 aliphatic rings. The molecular weight excluding hydrogens is 192 g/mol. The van der Waals surface area contributed by atoms with Crippen molar-refractivity contribution in [2.45, 2.75) is 0 Å². The van der Waals surface area contributed by atoms with Crippen molar-refractivity contribution in [3.8, 4) is 0 Å². The normalized spacial score (nSPS) is 9.00. The van der Waals surface area contributed by atoms with E-state index in [0.29, 0.717) is 5.69 Å². The largest absolute Gasteiger partial charge is 0.386 e. The highest BCUT2D eigenvalue weighted by Gasteiger charge is 2.06. The van der Waals surface area contributed by atoms with E-state index in [9.17, 15) is 4.79 Å². The lowest BCUT2D eigenvalue weighted by molar-refractivity contribution is 0.565. The minimum absolute atomic E-state index is 0.566. The Balaban J connectivity index is 3.33. The third-order valence-electron chi connectivity index (χ3n) is 2.11. The average Bonchev–Trinajstić information content (AvgIpc) is 2.28. The molecule has 0 aliphatic heterocycles. The van der Waals surface area contributed by atoms with Crippen LogP contribution in [0.1, 0.15) is 0 Å². The van der Waals surface area contributed by atoms with Crippen molar-refractivity contribution in [1.82, 2.24) is 0 Å². The number of anilines is 3. The van der Waals surface area contributed by atoms with Crippen LogP contribution >= 0.6 is 0 Å². The fourth-order valence-electron chi connectivity index (χ4n) is 1.34. The van der Waals surface area contributed by atoms with Crippen LogP contribution < -0.4 is 16.0 Å². The van der Waals surface area contributed by atoms with E-state index in [1.807, 2.05) is 20.2 Å². The van der Waals surface area contributed by atoms with Crippen molar-refractivity contribution >= 4 is 28.8 Å². The second kappa shape index (κ2) is 5.02. The van der Waals surface area contributed by atoms with Gasteiger partial charge in [-0.25, -0.2) is 4.79 Å². The molecule has 1 aromatic rings. The summed E-state index contributed by atoms with van der Waals surface area (Å²) in [7, 11) is 5.42. The summed E-state index contributed by atoms with van der Waals surface area (Å²) in [6.45, 7) is 0. The van der Waals surface area contributed by atoms with Gasteiger partial charge in [0, 0.05) is 21.1 Å². The molecule has 80 valence electrons. The molecule has 0 fully saturated rings. The molecule has 0 amide bonds. The molecule has 3 N–H and O–H groups in total. The first-order chi connectivity index (χ1) is 7.26.